The molecule has 116 valence electrons. The van der Waals surface area contributed by atoms with Gasteiger partial charge in [-0.3, -0.25) is 4.79 Å². The molecule has 1 heterocycles. The maximum atomic E-state index is 11.8. The molecule has 23 heavy (non-hydrogen) atoms. The lowest BCUT2D eigenvalue weighted by Gasteiger charge is -2.06. The largest absolute Gasteiger partial charge is 0.489 e. The average Bonchev–Trinajstić information content (AvgIpc) is 2.95. The first-order valence-electron chi connectivity index (χ1n) is 7.08. The van der Waals surface area contributed by atoms with Gasteiger partial charge >= 0.3 is 0 Å². The van der Waals surface area contributed by atoms with Gasteiger partial charge in [0.15, 0.2) is 0 Å². The van der Waals surface area contributed by atoms with Gasteiger partial charge in [0.1, 0.15) is 22.4 Å². The Bertz CT molecular complexity index is 752. The molecule has 3 rings (SSSR count). The van der Waals surface area contributed by atoms with E-state index in [1.54, 1.807) is 6.08 Å². The molecule has 0 aliphatic carbocycles. The van der Waals surface area contributed by atoms with Gasteiger partial charge in [-0.05, 0) is 47.4 Å². The molecule has 0 amide bonds. The fraction of sp³-hybridized carbons (Fsp3) is 0.111. The smallest absolute Gasteiger partial charge is 0.244 e. The first kappa shape index (κ1) is 15.9. The van der Waals surface area contributed by atoms with Crippen molar-refractivity contribution in [3.63, 3.8) is 0 Å². The molecule has 0 fully saturated rings. The summed E-state index contributed by atoms with van der Waals surface area (Å²) >= 11 is 2.67. The molecule has 0 spiro atoms. The van der Waals surface area contributed by atoms with E-state index < -0.39 is 0 Å². The molecule has 0 atom stereocenters. The second kappa shape index (κ2) is 7.53. The molecule has 0 bridgehead atoms. The van der Waals surface area contributed by atoms with Gasteiger partial charge in [0.05, 0.1) is 0 Å². The van der Waals surface area contributed by atoms with E-state index in [-0.39, 0.29) is 5.12 Å². The summed E-state index contributed by atoms with van der Waals surface area (Å²) in [5.41, 5.74) is 2.57. The Balaban J connectivity index is 1.66. The number of carbonyl (C=O) groups excluding carboxylic acids is 1. The Morgan fingerprint density at radius 3 is 2.52 bits per heavy atom. The summed E-state index contributed by atoms with van der Waals surface area (Å²) in [6.07, 6.45) is 3.72. The van der Waals surface area contributed by atoms with E-state index in [1.807, 2.05) is 60.9 Å². The minimum absolute atomic E-state index is 0.00115. The predicted molar refractivity (Wildman–Crippen MR) is 98.7 cm³/mol. The Morgan fingerprint density at radius 1 is 1.13 bits per heavy atom. The first-order chi connectivity index (χ1) is 11.2. The molecule has 0 radical (unpaired) electrons. The van der Waals surface area contributed by atoms with Crippen LogP contribution in [0.4, 0.5) is 0 Å². The Hall–Kier alpha value is -1.98. The zero-order valence-corrected chi connectivity index (χ0v) is 14.2. The van der Waals surface area contributed by atoms with Crippen molar-refractivity contribution in [3.05, 3.63) is 71.4 Å². The van der Waals surface area contributed by atoms with Gasteiger partial charge in [-0.1, -0.05) is 42.5 Å². The summed E-state index contributed by atoms with van der Waals surface area (Å²) in [7, 11) is 0. The normalized spacial score (nSPS) is 15.8. The van der Waals surface area contributed by atoms with Crippen molar-refractivity contribution in [3.8, 4) is 5.75 Å². The molecule has 0 saturated heterocycles. The summed E-state index contributed by atoms with van der Waals surface area (Å²) in [6, 6.07) is 17.7. The molecule has 0 aromatic heterocycles. The van der Waals surface area contributed by atoms with Crippen molar-refractivity contribution in [2.24, 2.45) is 4.99 Å². The fourth-order valence-corrected chi connectivity index (χ4v) is 3.30. The molecular weight excluding hydrogens is 326 g/mol. The van der Waals surface area contributed by atoms with Crippen LogP contribution in [0.15, 0.2) is 65.3 Å². The van der Waals surface area contributed by atoms with Crippen LogP contribution in [0.5, 0.6) is 5.75 Å². The molecule has 2 aromatic rings. The number of nitrogens with zero attached hydrogens (tertiary/aromatic N) is 1. The highest BCUT2D eigenvalue weighted by molar-refractivity contribution is 8.45. The van der Waals surface area contributed by atoms with Gasteiger partial charge in [0, 0.05) is 0 Å². The van der Waals surface area contributed by atoms with Crippen LogP contribution in [-0.4, -0.2) is 15.7 Å². The van der Waals surface area contributed by atoms with Gasteiger partial charge in [0.2, 0.25) is 5.12 Å². The minimum atomic E-state index is -0.00115. The van der Waals surface area contributed by atoms with E-state index in [0.717, 1.165) is 21.3 Å². The van der Waals surface area contributed by atoms with Crippen molar-refractivity contribution < 1.29 is 9.53 Å². The molecule has 0 unspecified atom stereocenters. The van der Waals surface area contributed by atoms with Crippen LogP contribution >= 0.6 is 23.5 Å². The van der Waals surface area contributed by atoms with Crippen molar-refractivity contribution >= 4 is 39.1 Å². The zero-order chi connectivity index (χ0) is 16.1. The molecule has 1 aliphatic heterocycles. The van der Waals surface area contributed by atoms with Crippen LogP contribution in [-0.2, 0) is 11.4 Å². The minimum Gasteiger partial charge on any atom is -0.489 e. The Morgan fingerprint density at radius 2 is 1.87 bits per heavy atom. The van der Waals surface area contributed by atoms with E-state index in [9.17, 15) is 4.79 Å². The van der Waals surface area contributed by atoms with Crippen molar-refractivity contribution in [1.82, 2.24) is 0 Å². The number of thioether (sulfide) groups is 2. The molecule has 3 nitrogen and oxygen atoms in total. The summed E-state index contributed by atoms with van der Waals surface area (Å²) < 4.78 is 6.55. The van der Waals surface area contributed by atoms with Crippen LogP contribution in [0.1, 0.15) is 11.1 Å². The van der Waals surface area contributed by atoms with Gasteiger partial charge in [-0.25, -0.2) is 4.99 Å². The van der Waals surface area contributed by atoms with Gasteiger partial charge in [0.25, 0.3) is 0 Å². The lowest BCUT2D eigenvalue weighted by Crippen LogP contribution is -1.94. The molecule has 5 heteroatoms. The lowest BCUT2D eigenvalue weighted by atomic mass is 10.2. The SMILES string of the molecule is CSC1=NC(=Cc2ccc(OCc3ccccc3)cc2)C(=O)S1. The maximum absolute atomic E-state index is 11.8. The quantitative estimate of drug-likeness (QED) is 0.762. The Labute approximate surface area is 143 Å². The van der Waals surface area contributed by atoms with Crippen LogP contribution in [0.25, 0.3) is 6.08 Å². The average molecular weight is 341 g/mol. The highest BCUT2D eigenvalue weighted by Crippen LogP contribution is 2.30. The molecular formula is C18H15NO2S2. The topological polar surface area (TPSA) is 38.7 Å². The summed E-state index contributed by atoms with van der Waals surface area (Å²) in [4.78, 5) is 16.1. The number of ether oxygens (including phenoxy) is 1. The molecule has 0 N–H and O–H groups in total. The van der Waals surface area contributed by atoms with Crippen molar-refractivity contribution in [1.29, 1.82) is 0 Å². The zero-order valence-electron chi connectivity index (χ0n) is 12.6. The second-order valence-electron chi connectivity index (χ2n) is 4.84. The van der Waals surface area contributed by atoms with Gasteiger partial charge in [-0.2, -0.15) is 0 Å². The van der Waals surface area contributed by atoms with E-state index >= 15 is 0 Å². The lowest BCUT2D eigenvalue weighted by molar-refractivity contribution is -0.107. The monoisotopic (exact) mass is 341 g/mol. The summed E-state index contributed by atoms with van der Waals surface area (Å²) in [6.45, 7) is 0.539. The van der Waals surface area contributed by atoms with E-state index in [4.69, 9.17) is 4.74 Å². The van der Waals surface area contributed by atoms with Gasteiger partial charge in [-0.15, -0.1) is 11.8 Å². The third kappa shape index (κ3) is 4.27. The predicted octanol–water partition coefficient (Wildman–Crippen LogP) is 4.60. The molecule has 1 aliphatic rings. The second-order valence-corrected chi connectivity index (χ2v) is 6.86. The highest BCUT2D eigenvalue weighted by Gasteiger charge is 2.21. The Kier molecular flexibility index (Phi) is 5.20. The number of rotatable bonds is 4. The number of benzene rings is 2. The summed E-state index contributed by atoms with van der Waals surface area (Å²) in [5.74, 6) is 0.802. The van der Waals surface area contributed by atoms with E-state index in [1.165, 1.54) is 23.5 Å². The number of hydrogen-bond donors (Lipinski definition) is 0. The first-order valence-corrected chi connectivity index (χ1v) is 9.12. The molecule has 0 saturated carbocycles. The van der Waals surface area contributed by atoms with Crippen molar-refractivity contribution in [2.45, 2.75) is 6.61 Å². The third-order valence-corrected chi connectivity index (χ3v) is 5.06. The highest BCUT2D eigenvalue weighted by atomic mass is 32.2. The number of aliphatic imine (C=N–C) groups is 1. The molecule has 2 aromatic carbocycles. The third-order valence-electron chi connectivity index (χ3n) is 3.21. The van der Waals surface area contributed by atoms with Crippen LogP contribution in [0.3, 0.4) is 0 Å². The maximum Gasteiger partial charge on any atom is 0.244 e. The van der Waals surface area contributed by atoms with Gasteiger partial charge < -0.3 is 4.74 Å². The standard InChI is InChI=1S/C18H15NO2S2/c1-22-18-19-16(17(20)23-18)11-13-7-9-15(10-8-13)21-12-14-5-3-2-4-6-14/h2-11H,12H2,1H3. The summed E-state index contributed by atoms with van der Waals surface area (Å²) in [5, 5.41) is -0.00115. The van der Waals surface area contributed by atoms with Crippen LogP contribution < -0.4 is 4.74 Å². The van der Waals surface area contributed by atoms with Crippen LogP contribution in [0.2, 0.25) is 0 Å². The fourth-order valence-electron chi connectivity index (χ4n) is 2.04. The number of hydrogen-bond acceptors (Lipinski definition) is 5. The van der Waals surface area contributed by atoms with Crippen molar-refractivity contribution in [2.75, 3.05) is 6.26 Å². The van der Waals surface area contributed by atoms with E-state index in [2.05, 4.69) is 4.99 Å². The van der Waals surface area contributed by atoms with Crippen LogP contribution in [0, 0.1) is 0 Å². The number of carbonyl (C=O) groups is 1. The van der Waals surface area contributed by atoms with E-state index in [0.29, 0.717) is 12.3 Å².